The summed E-state index contributed by atoms with van der Waals surface area (Å²) in [6.45, 7) is 3.86. The van der Waals surface area contributed by atoms with E-state index >= 15 is 0 Å². The smallest absolute Gasteiger partial charge is 0.407 e. The molecule has 1 amide bonds. The van der Waals surface area contributed by atoms with Crippen molar-refractivity contribution < 1.29 is 19.4 Å². The number of carboxylic acids is 1. The maximum absolute atomic E-state index is 11.4. The highest BCUT2D eigenvalue weighted by atomic mass is 16.5. The predicted octanol–water partition coefficient (Wildman–Crippen LogP) is 2.95. The number of amides is 1. The molecule has 0 bridgehead atoms. The van der Waals surface area contributed by atoms with Crippen LogP contribution in [0.1, 0.15) is 15.9 Å². The lowest BCUT2D eigenvalue weighted by atomic mass is 10.0. The van der Waals surface area contributed by atoms with Gasteiger partial charge in [-0.3, -0.25) is 0 Å². The Morgan fingerprint density at radius 2 is 2.10 bits per heavy atom. The molecule has 0 radical (unpaired) electrons. The minimum absolute atomic E-state index is 0.143. The average molecular weight is 285 g/mol. The van der Waals surface area contributed by atoms with Crippen molar-refractivity contribution in [3.05, 3.63) is 60.2 Å². The molecule has 2 rings (SSSR count). The van der Waals surface area contributed by atoms with Crippen molar-refractivity contribution in [3.8, 4) is 0 Å². The monoisotopic (exact) mass is 285 g/mol. The number of nitrogens with one attached hydrogen (secondary N) is 1. The summed E-state index contributed by atoms with van der Waals surface area (Å²) in [4.78, 5) is 22.5. The first-order valence-corrected chi connectivity index (χ1v) is 6.38. The highest BCUT2D eigenvalue weighted by molar-refractivity contribution is 5.95. The number of hydrogen-bond acceptors (Lipinski definition) is 3. The van der Waals surface area contributed by atoms with Crippen molar-refractivity contribution in [3.63, 3.8) is 0 Å². The Kier molecular flexibility index (Phi) is 4.56. The number of alkyl carbamates (subject to hydrolysis) is 1. The van der Waals surface area contributed by atoms with Crippen molar-refractivity contribution in [2.24, 2.45) is 0 Å². The minimum Gasteiger partial charge on any atom is -0.478 e. The number of ether oxygens (including phenoxy) is 1. The molecule has 0 heterocycles. The van der Waals surface area contributed by atoms with Crippen molar-refractivity contribution in [2.45, 2.75) is 6.54 Å². The molecule has 2 N–H and O–H groups in total. The highest BCUT2D eigenvalue weighted by Gasteiger charge is 2.08. The van der Waals surface area contributed by atoms with Gasteiger partial charge in [-0.15, -0.1) is 0 Å². The van der Waals surface area contributed by atoms with Crippen LogP contribution in [0.5, 0.6) is 0 Å². The van der Waals surface area contributed by atoms with Gasteiger partial charge >= 0.3 is 12.1 Å². The maximum Gasteiger partial charge on any atom is 0.407 e. The van der Waals surface area contributed by atoms with Gasteiger partial charge in [0.2, 0.25) is 0 Å². The van der Waals surface area contributed by atoms with E-state index in [1.54, 1.807) is 18.2 Å². The number of carbonyl (C=O) groups is 2. The van der Waals surface area contributed by atoms with E-state index in [-0.39, 0.29) is 18.7 Å². The van der Waals surface area contributed by atoms with Gasteiger partial charge in [-0.1, -0.05) is 36.9 Å². The van der Waals surface area contributed by atoms with Gasteiger partial charge < -0.3 is 15.2 Å². The first-order valence-electron chi connectivity index (χ1n) is 6.38. The fraction of sp³-hybridized carbons (Fsp3) is 0.125. The van der Waals surface area contributed by atoms with Crippen LogP contribution in [0.2, 0.25) is 0 Å². The normalized spacial score (nSPS) is 10.1. The van der Waals surface area contributed by atoms with E-state index in [4.69, 9.17) is 9.84 Å². The van der Waals surface area contributed by atoms with Gasteiger partial charge in [0.05, 0.1) is 5.56 Å². The molecule has 21 heavy (non-hydrogen) atoms. The zero-order valence-electron chi connectivity index (χ0n) is 11.3. The average Bonchev–Trinajstić information content (AvgIpc) is 2.50. The molecule has 0 aromatic heterocycles. The summed E-state index contributed by atoms with van der Waals surface area (Å²) in [6.07, 6.45) is 0.942. The number of benzene rings is 2. The molecule has 0 unspecified atom stereocenters. The summed E-state index contributed by atoms with van der Waals surface area (Å²) < 4.78 is 4.82. The first-order chi connectivity index (χ1) is 10.1. The number of carboxylic acid groups (broad SMARTS) is 1. The van der Waals surface area contributed by atoms with E-state index in [9.17, 15) is 9.59 Å². The Hall–Kier alpha value is -2.82. The Bertz CT molecular complexity index is 694. The molecule has 2 aromatic carbocycles. The maximum atomic E-state index is 11.4. The van der Waals surface area contributed by atoms with E-state index in [2.05, 4.69) is 11.9 Å². The zero-order valence-corrected chi connectivity index (χ0v) is 11.3. The van der Waals surface area contributed by atoms with E-state index in [1.165, 1.54) is 6.08 Å². The molecule has 5 heteroatoms. The van der Waals surface area contributed by atoms with Crippen LogP contribution < -0.4 is 5.32 Å². The van der Waals surface area contributed by atoms with Gasteiger partial charge in [-0.05, 0) is 28.5 Å². The summed E-state index contributed by atoms with van der Waals surface area (Å²) >= 11 is 0. The summed E-state index contributed by atoms with van der Waals surface area (Å²) in [5, 5.41) is 13.4. The lowest BCUT2D eigenvalue weighted by Crippen LogP contribution is -2.23. The molecule has 0 aliphatic carbocycles. The van der Waals surface area contributed by atoms with Gasteiger partial charge in [-0.2, -0.15) is 0 Å². The highest BCUT2D eigenvalue weighted by Crippen LogP contribution is 2.20. The fourth-order valence-corrected chi connectivity index (χ4v) is 1.98. The van der Waals surface area contributed by atoms with Crippen molar-refractivity contribution in [1.29, 1.82) is 0 Å². The van der Waals surface area contributed by atoms with Crippen molar-refractivity contribution in [2.75, 3.05) is 6.61 Å². The van der Waals surface area contributed by atoms with Crippen LogP contribution in [0.15, 0.2) is 49.1 Å². The van der Waals surface area contributed by atoms with Crippen LogP contribution in [0.3, 0.4) is 0 Å². The molecule has 0 saturated carbocycles. The number of aromatic carboxylic acids is 1. The van der Waals surface area contributed by atoms with Crippen LogP contribution in [-0.2, 0) is 11.3 Å². The van der Waals surface area contributed by atoms with Gasteiger partial charge in [0, 0.05) is 6.54 Å². The van der Waals surface area contributed by atoms with Crippen molar-refractivity contribution >= 4 is 22.8 Å². The number of rotatable bonds is 5. The molecule has 0 saturated heterocycles. The second-order valence-corrected chi connectivity index (χ2v) is 4.40. The Morgan fingerprint density at radius 1 is 1.29 bits per heavy atom. The van der Waals surface area contributed by atoms with Gasteiger partial charge in [-0.25, -0.2) is 9.59 Å². The van der Waals surface area contributed by atoms with Crippen LogP contribution in [0.25, 0.3) is 10.8 Å². The van der Waals surface area contributed by atoms with E-state index < -0.39 is 12.1 Å². The van der Waals surface area contributed by atoms with Crippen LogP contribution in [0.4, 0.5) is 4.79 Å². The van der Waals surface area contributed by atoms with Crippen LogP contribution in [-0.4, -0.2) is 23.8 Å². The number of hydrogen-bond donors (Lipinski definition) is 2. The quantitative estimate of drug-likeness (QED) is 0.828. The van der Waals surface area contributed by atoms with Gasteiger partial charge in [0.1, 0.15) is 6.61 Å². The number of carbonyl (C=O) groups excluding carboxylic acids is 1. The number of fused-ring (bicyclic) bond motifs is 1. The minimum atomic E-state index is -0.981. The molecule has 0 aliphatic heterocycles. The molecular weight excluding hydrogens is 270 g/mol. The van der Waals surface area contributed by atoms with Crippen LogP contribution >= 0.6 is 0 Å². The molecule has 0 aliphatic rings. The molecule has 0 atom stereocenters. The van der Waals surface area contributed by atoms with E-state index in [1.807, 2.05) is 18.2 Å². The predicted molar refractivity (Wildman–Crippen MR) is 79.3 cm³/mol. The standard InChI is InChI=1S/C16H15NO4/c1-2-8-21-16(20)17-10-13-5-3-4-11-6-7-12(15(18)19)9-14(11)13/h2-7,9H,1,8,10H2,(H,17,20)(H,18,19). The molecule has 0 fully saturated rings. The largest absolute Gasteiger partial charge is 0.478 e. The Balaban J connectivity index is 2.22. The second kappa shape index (κ2) is 6.56. The lowest BCUT2D eigenvalue weighted by molar-refractivity contribution is 0.0697. The third kappa shape index (κ3) is 3.60. The molecule has 0 spiro atoms. The molecular formula is C16H15NO4. The van der Waals surface area contributed by atoms with Crippen molar-refractivity contribution in [1.82, 2.24) is 5.32 Å². The zero-order chi connectivity index (χ0) is 15.2. The lowest BCUT2D eigenvalue weighted by Gasteiger charge is -2.09. The SMILES string of the molecule is C=CCOC(=O)NCc1cccc2ccc(C(=O)O)cc12. The summed E-state index contributed by atoms with van der Waals surface area (Å²) in [5.74, 6) is -0.981. The van der Waals surface area contributed by atoms with E-state index in [0.29, 0.717) is 0 Å². The third-order valence-corrected chi connectivity index (χ3v) is 2.97. The summed E-state index contributed by atoms with van der Waals surface area (Å²) in [7, 11) is 0. The molecule has 108 valence electrons. The van der Waals surface area contributed by atoms with Crippen LogP contribution in [0, 0.1) is 0 Å². The summed E-state index contributed by atoms with van der Waals surface area (Å²) in [6, 6.07) is 10.5. The first kappa shape index (κ1) is 14.6. The van der Waals surface area contributed by atoms with Gasteiger partial charge in [0.25, 0.3) is 0 Å². The van der Waals surface area contributed by atoms with Gasteiger partial charge in [0.15, 0.2) is 0 Å². The molecule has 2 aromatic rings. The fourth-order valence-electron chi connectivity index (χ4n) is 1.98. The molecule has 5 nitrogen and oxygen atoms in total. The second-order valence-electron chi connectivity index (χ2n) is 4.40. The Morgan fingerprint density at radius 3 is 2.81 bits per heavy atom. The topological polar surface area (TPSA) is 75.6 Å². The summed E-state index contributed by atoms with van der Waals surface area (Å²) in [5.41, 5.74) is 1.04. The third-order valence-electron chi connectivity index (χ3n) is 2.97. The Labute approximate surface area is 121 Å². The van der Waals surface area contributed by atoms with E-state index in [0.717, 1.165) is 16.3 Å².